The minimum atomic E-state index is -0.207. The summed E-state index contributed by atoms with van der Waals surface area (Å²) in [7, 11) is 0. The molecule has 0 saturated carbocycles. The highest BCUT2D eigenvalue weighted by Gasteiger charge is 2.21. The highest BCUT2D eigenvalue weighted by molar-refractivity contribution is 6.02. The summed E-state index contributed by atoms with van der Waals surface area (Å²) in [6.07, 6.45) is 12.4. The van der Waals surface area contributed by atoms with Crippen molar-refractivity contribution in [1.82, 2.24) is 30.2 Å². The molecule has 6 rings (SSSR count). The number of aromatic nitrogens is 5. The molecule has 1 fully saturated rings. The Balaban J connectivity index is 1.22. The Hall–Kier alpha value is -4.92. The Morgan fingerprint density at radius 1 is 0.921 bits per heavy atom. The third kappa shape index (κ3) is 4.73. The van der Waals surface area contributed by atoms with Crippen molar-refractivity contribution in [2.45, 2.75) is 19.3 Å². The average Bonchev–Trinajstić information content (AvgIpc) is 3.60. The van der Waals surface area contributed by atoms with Crippen molar-refractivity contribution < 1.29 is 9.59 Å². The van der Waals surface area contributed by atoms with Crippen LogP contribution in [0, 0.1) is 0 Å². The van der Waals surface area contributed by atoms with E-state index in [1.807, 2.05) is 53.7 Å². The van der Waals surface area contributed by atoms with Crippen LogP contribution in [0.2, 0.25) is 0 Å². The normalized spacial score (nSPS) is 13.3. The first-order chi connectivity index (χ1) is 18.7. The van der Waals surface area contributed by atoms with E-state index in [9.17, 15) is 9.59 Å². The first kappa shape index (κ1) is 23.5. The Morgan fingerprint density at radius 2 is 1.79 bits per heavy atom. The lowest BCUT2D eigenvalue weighted by Crippen LogP contribution is -2.26. The molecule has 2 amide bonds. The number of nitrogens with one attached hydrogen (secondary N) is 2. The van der Waals surface area contributed by atoms with Crippen molar-refractivity contribution in [2.24, 2.45) is 0 Å². The van der Waals surface area contributed by atoms with Crippen LogP contribution < -0.4 is 10.2 Å². The van der Waals surface area contributed by atoms with Crippen LogP contribution >= 0.6 is 0 Å². The van der Waals surface area contributed by atoms with Crippen molar-refractivity contribution in [2.75, 3.05) is 18.0 Å². The summed E-state index contributed by atoms with van der Waals surface area (Å²) in [5, 5.41) is 3.76. The van der Waals surface area contributed by atoms with Crippen LogP contribution in [-0.4, -0.2) is 49.8 Å². The fourth-order valence-electron chi connectivity index (χ4n) is 4.76. The van der Waals surface area contributed by atoms with E-state index < -0.39 is 0 Å². The fraction of sp³-hybridized carbons (Fsp3) is 0.172. The van der Waals surface area contributed by atoms with E-state index in [0.717, 1.165) is 52.0 Å². The van der Waals surface area contributed by atoms with Gasteiger partial charge in [0.25, 0.3) is 5.91 Å². The number of H-pyrrole nitrogens is 1. The van der Waals surface area contributed by atoms with Gasteiger partial charge in [-0.2, -0.15) is 0 Å². The second kappa shape index (κ2) is 10.2. The molecule has 4 aromatic heterocycles. The Morgan fingerprint density at radius 3 is 2.58 bits per heavy atom. The van der Waals surface area contributed by atoms with Gasteiger partial charge in [-0.3, -0.25) is 24.5 Å². The third-order valence-corrected chi connectivity index (χ3v) is 6.69. The van der Waals surface area contributed by atoms with Crippen molar-refractivity contribution >= 4 is 28.5 Å². The molecule has 1 saturated heterocycles. The topological polar surface area (TPSA) is 117 Å². The number of pyridine rings is 2. The number of carbonyl (C=O) groups excluding carboxylic acids is 2. The van der Waals surface area contributed by atoms with Gasteiger partial charge in [0.05, 0.1) is 5.69 Å². The minimum Gasteiger partial charge on any atom is -0.350 e. The van der Waals surface area contributed by atoms with Gasteiger partial charge >= 0.3 is 0 Å². The lowest BCUT2D eigenvalue weighted by Gasteiger charge is -2.16. The lowest BCUT2D eigenvalue weighted by atomic mass is 10.0. The Labute approximate surface area is 219 Å². The lowest BCUT2D eigenvalue weighted by molar-refractivity contribution is -0.117. The van der Waals surface area contributed by atoms with Gasteiger partial charge in [-0.15, -0.1) is 0 Å². The van der Waals surface area contributed by atoms with Crippen LogP contribution in [0.15, 0.2) is 79.6 Å². The van der Waals surface area contributed by atoms with E-state index in [1.54, 1.807) is 24.8 Å². The SMILES string of the molecule is O=C(NCCc1cnccn1)c1cc2c(-c3cncc(-c4ccc(N5CCCC5=O)cc4)c3)ccnc2[nH]1. The molecule has 0 unspecified atom stereocenters. The highest BCUT2D eigenvalue weighted by Crippen LogP contribution is 2.31. The molecule has 0 spiro atoms. The molecular formula is C29H25N7O2. The van der Waals surface area contributed by atoms with Gasteiger partial charge in [0.15, 0.2) is 0 Å². The van der Waals surface area contributed by atoms with Gasteiger partial charge in [-0.1, -0.05) is 12.1 Å². The van der Waals surface area contributed by atoms with Crippen molar-refractivity contribution in [3.05, 3.63) is 91.0 Å². The molecule has 9 heteroatoms. The molecule has 5 heterocycles. The number of fused-ring (bicyclic) bond motifs is 1. The van der Waals surface area contributed by atoms with Crippen molar-refractivity contribution in [3.63, 3.8) is 0 Å². The third-order valence-electron chi connectivity index (χ3n) is 6.69. The standard InChI is InChI=1S/C29H25N7O2/c37-27-2-1-13-36(27)23-5-3-19(4-6-23)20-14-21(17-31-16-20)24-8-10-33-28-25(24)15-26(35-28)29(38)34-9-7-22-18-30-11-12-32-22/h3-6,8,10-12,14-18H,1-2,7,9,13H2,(H,33,35)(H,34,38). The molecule has 0 bridgehead atoms. The van der Waals surface area contributed by atoms with E-state index >= 15 is 0 Å². The molecule has 1 aliphatic heterocycles. The quantitative estimate of drug-likeness (QED) is 0.344. The molecule has 5 aromatic rings. The van der Waals surface area contributed by atoms with Crippen LogP contribution in [0.1, 0.15) is 29.0 Å². The summed E-state index contributed by atoms with van der Waals surface area (Å²) in [4.78, 5) is 47.0. The van der Waals surface area contributed by atoms with Gasteiger partial charge in [0, 0.05) is 85.3 Å². The molecule has 0 aliphatic carbocycles. The van der Waals surface area contributed by atoms with Gasteiger partial charge in [0.2, 0.25) is 5.91 Å². The van der Waals surface area contributed by atoms with Gasteiger partial charge in [-0.05, 0) is 47.9 Å². The van der Waals surface area contributed by atoms with Crippen LogP contribution in [-0.2, 0) is 11.2 Å². The first-order valence-corrected chi connectivity index (χ1v) is 12.5. The Kier molecular flexibility index (Phi) is 6.31. The number of carbonyl (C=O) groups is 2. The first-order valence-electron chi connectivity index (χ1n) is 12.5. The number of hydrogen-bond acceptors (Lipinski definition) is 6. The molecule has 9 nitrogen and oxygen atoms in total. The molecule has 2 N–H and O–H groups in total. The molecule has 1 aromatic carbocycles. The monoisotopic (exact) mass is 503 g/mol. The largest absolute Gasteiger partial charge is 0.350 e. The number of rotatable bonds is 7. The summed E-state index contributed by atoms with van der Waals surface area (Å²) in [5.41, 5.74) is 6.63. The maximum atomic E-state index is 12.8. The van der Waals surface area contributed by atoms with Crippen molar-refractivity contribution in [1.29, 1.82) is 0 Å². The van der Waals surface area contributed by atoms with Crippen LogP contribution in [0.4, 0.5) is 5.69 Å². The molecule has 188 valence electrons. The van der Waals surface area contributed by atoms with Crippen LogP contribution in [0.3, 0.4) is 0 Å². The van der Waals surface area contributed by atoms with E-state index in [1.165, 1.54) is 0 Å². The summed E-state index contributed by atoms with van der Waals surface area (Å²) in [6, 6.07) is 13.8. The summed E-state index contributed by atoms with van der Waals surface area (Å²) < 4.78 is 0. The maximum Gasteiger partial charge on any atom is 0.267 e. The molecule has 1 aliphatic rings. The van der Waals surface area contributed by atoms with Gasteiger partial charge in [-0.25, -0.2) is 4.98 Å². The number of anilines is 1. The number of hydrogen-bond donors (Lipinski definition) is 2. The highest BCUT2D eigenvalue weighted by atomic mass is 16.2. The maximum absolute atomic E-state index is 12.8. The zero-order valence-corrected chi connectivity index (χ0v) is 20.6. The van der Waals surface area contributed by atoms with E-state index in [4.69, 9.17) is 0 Å². The van der Waals surface area contributed by atoms with Gasteiger partial charge < -0.3 is 15.2 Å². The Bertz CT molecular complexity index is 1610. The smallest absolute Gasteiger partial charge is 0.267 e. The number of aromatic amines is 1. The molecule has 0 atom stereocenters. The second-order valence-corrected chi connectivity index (χ2v) is 9.16. The predicted molar refractivity (Wildman–Crippen MR) is 144 cm³/mol. The summed E-state index contributed by atoms with van der Waals surface area (Å²) in [5.74, 6) is -0.0329. The van der Waals surface area contributed by atoms with E-state index in [0.29, 0.717) is 30.7 Å². The number of benzene rings is 1. The zero-order chi connectivity index (χ0) is 25.9. The van der Waals surface area contributed by atoms with Crippen LogP contribution in [0.5, 0.6) is 0 Å². The minimum absolute atomic E-state index is 0.174. The van der Waals surface area contributed by atoms with E-state index in [2.05, 4.69) is 36.3 Å². The number of amides is 2. The van der Waals surface area contributed by atoms with Gasteiger partial charge in [0.1, 0.15) is 11.3 Å². The average molecular weight is 504 g/mol. The summed E-state index contributed by atoms with van der Waals surface area (Å²) in [6.45, 7) is 1.22. The fourth-order valence-corrected chi connectivity index (χ4v) is 4.76. The zero-order valence-electron chi connectivity index (χ0n) is 20.6. The molecule has 0 radical (unpaired) electrons. The second-order valence-electron chi connectivity index (χ2n) is 9.16. The summed E-state index contributed by atoms with van der Waals surface area (Å²) >= 11 is 0. The van der Waals surface area contributed by atoms with E-state index in [-0.39, 0.29) is 11.8 Å². The van der Waals surface area contributed by atoms with Crippen LogP contribution in [0.25, 0.3) is 33.3 Å². The number of nitrogens with zero attached hydrogens (tertiary/aromatic N) is 5. The molecule has 38 heavy (non-hydrogen) atoms. The van der Waals surface area contributed by atoms with Crippen molar-refractivity contribution in [3.8, 4) is 22.3 Å². The predicted octanol–water partition coefficient (Wildman–Crippen LogP) is 4.18. The molecular weight excluding hydrogens is 478 g/mol.